The summed E-state index contributed by atoms with van der Waals surface area (Å²) >= 11 is 0. The Labute approximate surface area is 145 Å². The number of anilines is 1. The van der Waals surface area contributed by atoms with Crippen molar-refractivity contribution in [2.75, 3.05) is 5.32 Å². The minimum atomic E-state index is -0.817. The summed E-state index contributed by atoms with van der Waals surface area (Å²) in [6.07, 6.45) is 4.48. The van der Waals surface area contributed by atoms with Gasteiger partial charge in [-0.15, -0.1) is 0 Å². The number of nitrogens with zero attached hydrogens (tertiary/aromatic N) is 2. The topological polar surface area (TPSA) is 105 Å². The second-order valence-corrected chi connectivity index (χ2v) is 6.31. The highest BCUT2D eigenvalue weighted by Crippen LogP contribution is 2.38. The zero-order valence-corrected chi connectivity index (χ0v) is 13.9. The van der Waals surface area contributed by atoms with E-state index in [0.29, 0.717) is 43.2 Å². The van der Waals surface area contributed by atoms with Crippen LogP contribution >= 0.6 is 0 Å². The van der Waals surface area contributed by atoms with Gasteiger partial charge in [-0.2, -0.15) is 4.98 Å². The fourth-order valence-corrected chi connectivity index (χ4v) is 2.51. The maximum atomic E-state index is 12.0. The molecule has 0 radical (unpaired) electrons. The maximum Gasteiger partial charge on any atom is 0.303 e. The van der Waals surface area contributed by atoms with Crippen molar-refractivity contribution in [2.45, 2.75) is 50.9 Å². The van der Waals surface area contributed by atoms with Gasteiger partial charge >= 0.3 is 5.97 Å². The second kappa shape index (κ2) is 7.92. The number of hydrogen-bond acceptors (Lipinski definition) is 5. The zero-order chi connectivity index (χ0) is 17.6. The van der Waals surface area contributed by atoms with Crippen LogP contribution in [0.3, 0.4) is 0 Å². The lowest BCUT2D eigenvalue weighted by Gasteiger charge is -2.06. The average Bonchev–Trinajstić information content (AvgIpc) is 3.33. The van der Waals surface area contributed by atoms with Crippen LogP contribution in [0.15, 0.2) is 28.8 Å². The first-order chi connectivity index (χ1) is 12.1. The van der Waals surface area contributed by atoms with Crippen LogP contribution in [0, 0.1) is 0 Å². The van der Waals surface area contributed by atoms with Crippen molar-refractivity contribution in [1.29, 1.82) is 0 Å². The third-order valence-electron chi connectivity index (χ3n) is 4.09. The predicted molar refractivity (Wildman–Crippen MR) is 90.2 cm³/mol. The predicted octanol–water partition coefficient (Wildman–Crippen LogP) is 2.93. The minimum absolute atomic E-state index is 0.0692. The van der Waals surface area contributed by atoms with E-state index in [2.05, 4.69) is 15.5 Å². The van der Waals surface area contributed by atoms with E-state index >= 15 is 0 Å². The molecule has 0 atom stereocenters. The Morgan fingerprint density at radius 3 is 2.60 bits per heavy atom. The molecule has 132 valence electrons. The quantitative estimate of drug-likeness (QED) is 0.725. The number of hydrogen-bond donors (Lipinski definition) is 2. The summed E-state index contributed by atoms with van der Waals surface area (Å²) in [4.78, 5) is 26.9. The molecule has 7 heteroatoms. The molecule has 25 heavy (non-hydrogen) atoms. The van der Waals surface area contributed by atoms with Crippen molar-refractivity contribution in [3.63, 3.8) is 0 Å². The Balaban J connectivity index is 1.38. The molecule has 1 saturated carbocycles. The summed E-state index contributed by atoms with van der Waals surface area (Å²) in [6.45, 7) is 0. The number of aromatic nitrogens is 2. The van der Waals surface area contributed by atoms with Gasteiger partial charge in [-0.05, 0) is 43.4 Å². The van der Waals surface area contributed by atoms with E-state index in [9.17, 15) is 9.59 Å². The van der Waals surface area contributed by atoms with Gasteiger partial charge in [-0.25, -0.2) is 0 Å². The molecule has 0 spiro atoms. The van der Waals surface area contributed by atoms with Gasteiger partial charge in [-0.3, -0.25) is 9.59 Å². The zero-order valence-electron chi connectivity index (χ0n) is 13.9. The lowest BCUT2D eigenvalue weighted by molar-refractivity contribution is -0.137. The summed E-state index contributed by atoms with van der Waals surface area (Å²) < 4.78 is 5.18. The molecule has 0 unspecified atom stereocenters. The molecule has 1 fully saturated rings. The van der Waals surface area contributed by atoms with Crippen LogP contribution < -0.4 is 5.32 Å². The molecule has 1 aliphatic carbocycles. The van der Waals surface area contributed by atoms with E-state index in [1.54, 1.807) is 12.1 Å². The van der Waals surface area contributed by atoms with E-state index in [4.69, 9.17) is 9.63 Å². The molecule has 1 aliphatic rings. The van der Waals surface area contributed by atoms with Crippen LogP contribution in [0.2, 0.25) is 0 Å². The third kappa shape index (κ3) is 5.41. The summed E-state index contributed by atoms with van der Waals surface area (Å²) in [6, 6.07) is 7.23. The normalized spacial score (nSPS) is 13.6. The number of rotatable bonds is 9. The van der Waals surface area contributed by atoms with Gasteiger partial charge in [0.05, 0.1) is 0 Å². The summed E-state index contributed by atoms with van der Waals surface area (Å²) in [5, 5.41) is 15.5. The molecule has 1 aromatic heterocycles. The van der Waals surface area contributed by atoms with E-state index in [1.807, 2.05) is 12.1 Å². The molecule has 1 aromatic carbocycles. The Morgan fingerprint density at radius 2 is 1.92 bits per heavy atom. The molecule has 2 aromatic rings. The van der Waals surface area contributed by atoms with Crippen LogP contribution in [-0.2, 0) is 22.4 Å². The Morgan fingerprint density at radius 1 is 1.16 bits per heavy atom. The van der Waals surface area contributed by atoms with Gasteiger partial charge in [-0.1, -0.05) is 17.3 Å². The number of benzene rings is 1. The molecule has 1 heterocycles. The molecule has 3 rings (SSSR count). The number of nitrogens with one attached hydrogen (secondary N) is 1. The highest BCUT2D eigenvalue weighted by atomic mass is 16.5. The average molecular weight is 343 g/mol. The van der Waals surface area contributed by atoms with Crippen LogP contribution in [-0.4, -0.2) is 27.1 Å². The monoisotopic (exact) mass is 343 g/mol. The lowest BCUT2D eigenvalue weighted by Crippen LogP contribution is -2.11. The van der Waals surface area contributed by atoms with Crippen LogP contribution in [0.1, 0.15) is 55.3 Å². The number of aliphatic carboxylic acids is 1. The van der Waals surface area contributed by atoms with Gasteiger partial charge in [0.1, 0.15) is 0 Å². The van der Waals surface area contributed by atoms with Crippen molar-refractivity contribution >= 4 is 17.6 Å². The van der Waals surface area contributed by atoms with Gasteiger partial charge in [0.2, 0.25) is 11.8 Å². The number of carbonyl (C=O) groups is 2. The third-order valence-corrected chi connectivity index (χ3v) is 4.09. The summed E-state index contributed by atoms with van der Waals surface area (Å²) in [5.41, 5.74) is 1.64. The molecule has 1 amide bonds. The van der Waals surface area contributed by atoms with E-state index in [1.165, 1.54) is 0 Å². The number of amides is 1. The fraction of sp³-hybridized carbons (Fsp3) is 0.444. The number of carboxylic acids is 1. The van der Waals surface area contributed by atoms with Crippen molar-refractivity contribution in [2.24, 2.45) is 0 Å². The molecule has 0 saturated heterocycles. The molecule has 2 N–H and O–H groups in total. The molecule has 0 bridgehead atoms. The Kier molecular flexibility index (Phi) is 5.42. The van der Waals surface area contributed by atoms with E-state index in [-0.39, 0.29) is 12.3 Å². The smallest absolute Gasteiger partial charge is 0.303 e. The van der Waals surface area contributed by atoms with Crippen molar-refractivity contribution in [3.05, 3.63) is 41.5 Å². The maximum absolute atomic E-state index is 12.0. The molecular formula is C18H21N3O4. The SMILES string of the molecule is O=C(O)CCc1ccc(NC(=O)CCCc2nc(C3CC3)no2)cc1. The Hall–Kier alpha value is -2.70. The van der Waals surface area contributed by atoms with Crippen molar-refractivity contribution in [3.8, 4) is 0 Å². The fourth-order valence-electron chi connectivity index (χ4n) is 2.51. The first-order valence-corrected chi connectivity index (χ1v) is 8.53. The lowest BCUT2D eigenvalue weighted by atomic mass is 10.1. The van der Waals surface area contributed by atoms with Gasteiger partial charge in [0, 0.05) is 30.9 Å². The molecule has 0 aliphatic heterocycles. The summed E-state index contributed by atoms with van der Waals surface area (Å²) in [7, 11) is 0. The first kappa shape index (κ1) is 17.1. The van der Waals surface area contributed by atoms with Crippen molar-refractivity contribution < 1.29 is 19.2 Å². The number of aryl methyl sites for hydroxylation is 2. The van der Waals surface area contributed by atoms with E-state index in [0.717, 1.165) is 24.2 Å². The van der Waals surface area contributed by atoms with Gasteiger partial charge in [0.25, 0.3) is 0 Å². The molecular weight excluding hydrogens is 322 g/mol. The highest BCUT2D eigenvalue weighted by Gasteiger charge is 2.28. The van der Waals surface area contributed by atoms with E-state index < -0.39 is 5.97 Å². The standard InChI is InChI=1S/C18H21N3O4/c22-15(2-1-3-16-20-18(21-25-16)13-7-8-13)19-14-9-4-12(5-10-14)6-11-17(23)24/h4-5,9-10,13H,1-3,6-8,11H2,(H,19,22)(H,23,24). The van der Waals surface area contributed by atoms with Crippen LogP contribution in [0.25, 0.3) is 0 Å². The number of carboxylic acid groups (broad SMARTS) is 1. The van der Waals surface area contributed by atoms with Crippen LogP contribution in [0.4, 0.5) is 5.69 Å². The Bertz CT molecular complexity index is 735. The van der Waals surface area contributed by atoms with Crippen LogP contribution in [0.5, 0.6) is 0 Å². The van der Waals surface area contributed by atoms with Gasteiger partial charge in [0.15, 0.2) is 5.82 Å². The number of carbonyl (C=O) groups excluding carboxylic acids is 1. The largest absolute Gasteiger partial charge is 0.481 e. The minimum Gasteiger partial charge on any atom is -0.481 e. The second-order valence-electron chi connectivity index (χ2n) is 6.31. The van der Waals surface area contributed by atoms with Gasteiger partial charge < -0.3 is 14.9 Å². The highest BCUT2D eigenvalue weighted by molar-refractivity contribution is 5.90. The summed E-state index contributed by atoms with van der Waals surface area (Å²) in [5.74, 6) is 0.974. The first-order valence-electron chi connectivity index (χ1n) is 8.53. The van der Waals surface area contributed by atoms with Crippen molar-refractivity contribution in [1.82, 2.24) is 10.1 Å². The molecule has 7 nitrogen and oxygen atoms in total.